The van der Waals surface area contributed by atoms with Crippen molar-refractivity contribution in [3.05, 3.63) is 6.92 Å². The van der Waals surface area contributed by atoms with E-state index in [1.807, 2.05) is 0 Å². The lowest BCUT2D eigenvalue weighted by Gasteiger charge is -2.14. The molecular formula is C39H70N5O13. The molecule has 57 heavy (non-hydrogen) atoms. The molecule has 0 rings (SSSR count). The highest BCUT2D eigenvalue weighted by molar-refractivity contribution is 5.84. The van der Waals surface area contributed by atoms with Crippen molar-refractivity contribution in [3.8, 4) is 0 Å². The van der Waals surface area contributed by atoms with Gasteiger partial charge in [0.25, 0.3) is 0 Å². The van der Waals surface area contributed by atoms with E-state index in [1.165, 1.54) is 19.3 Å². The van der Waals surface area contributed by atoms with E-state index in [2.05, 4.69) is 33.5 Å². The maximum Gasteiger partial charge on any atom is 0.326 e. The van der Waals surface area contributed by atoms with Crippen LogP contribution in [0.4, 0.5) is 0 Å². The summed E-state index contributed by atoms with van der Waals surface area (Å²) in [7, 11) is 0. The number of unbranched alkanes of at least 4 members (excludes halogenated alkanes) is 12. The van der Waals surface area contributed by atoms with Crippen molar-refractivity contribution in [2.24, 2.45) is 0 Å². The van der Waals surface area contributed by atoms with Crippen molar-refractivity contribution in [3.63, 3.8) is 0 Å². The number of rotatable bonds is 41. The lowest BCUT2D eigenvalue weighted by atomic mass is 10.0. The van der Waals surface area contributed by atoms with Gasteiger partial charge in [0.2, 0.25) is 29.5 Å². The Morgan fingerprint density at radius 1 is 0.439 bits per heavy atom. The number of carboxylic acids is 2. The second-order valence-corrected chi connectivity index (χ2v) is 13.6. The Hall–Kier alpha value is -3.87. The number of amides is 5. The van der Waals surface area contributed by atoms with E-state index in [1.54, 1.807) is 0 Å². The summed E-state index contributed by atoms with van der Waals surface area (Å²) in [6.07, 6.45) is 14.2. The van der Waals surface area contributed by atoms with Crippen LogP contribution in [0.5, 0.6) is 0 Å². The van der Waals surface area contributed by atoms with Crippen LogP contribution in [0.1, 0.15) is 116 Å². The Morgan fingerprint density at radius 2 is 0.860 bits per heavy atom. The van der Waals surface area contributed by atoms with E-state index in [0.29, 0.717) is 19.5 Å². The first kappa shape index (κ1) is 53.1. The molecule has 0 aliphatic rings. The van der Waals surface area contributed by atoms with E-state index in [-0.39, 0.29) is 121 Å². The van der Waals surface area contributed by atoms with Crippen molar-refractivity contribution in [2.45, 2.75) is 122 Å². The molecule has 0 aromatic carbocycles. The molecule has 0 saturated carbocycles. The second kappa shape index (κ2) is 39.0. The minimum absolute atomic E-state index is 0.0311. The molecule has 0 bridgehead atoms. The number of hydrogen-bond donors (Lipinski definition) is 7. The van der Waals surface area contributed by atoms with Gasteiger partial charge in [-0.25, -0.2) is 4.79 Å². The van der Waals surface area contributed by atoms with Gasteiger partial charge in [-0.05, 0) is 32.1 Å². The maximum atomic E-state index is 12.3. The molecular weight excluding hydrogens is 746 g/mol. The predicted molar refractivity (Wildman–Crippen MR) is 211 cm³/mol. The zero-order valence-electron chi connectivity index (χ0n) is 33.9. The Kier molecular flexibility index (Phi) is 36.3. The van der Waals surface area contributed by atoms with E-state index < -0.39 is 18.0 Å². The Morgan fingerprint density at radius 3 is 1.33 bits per heavy atom. The predicted octanol–water partition coefficient (Wildman–Crippen LogP) is 2.03. The molecule has 0 aliphatic heterocycles. The lowest BCUT2D eigenvalue weighted by molar-refractivity contribution is -0.142. The van der Waals surface area contributed by atoms with Gasteiger partial charge in [0.05, 0.1) is 39.6 Å². The molecule has 0 saturated heterocycles. The monoisotopic (exact) mass is 816 g/mol. The van der Waals surface area contributed by atoms with Gasteiger partial charge in [0.1, 0.15) is 19.3 Å². The third-order valence-corrected chi connectivity index (χ3v) is 8.43. The molecule has 18 nitrogen and oxygen atoms in total. The van der Waals surface area contributed by atoms with Crippen LogP contribution in [-0.2, 0) is 52.5 Å². The molecule has 0 spiro atoms. The first-order chi connectivity index (χ1) is 27.5. The van der Waals surface area contributed by atoms with Crippen LogP contribution in [0, 0.1) is 6.92 Å². The van der Waals surface area contributed by atoms with Crippen LogP contribution in [0.15, 0.2) is 0 Å². The van der Waals surface area contributed by atoms with Gasteiger partial charge < -0.3 is 55.7 Å². The quantitative estimate of drug-likeness (QED) is 0.0437. The van der Waals surface area contributed by atoms with Gasteiger partial charge in [0, 0.05) is 52.4 Å². The molecule has 5 amide bonds. The average molecular weight is 817 g/mol. The summed E-state index contributed by atoms with van der Waals surface area (Å²) in [6, 6.07) is -1.14. The number of nitrogens with one attached hydrogen (secondary N) is 5. The smallest absolute Gasteiger partial charge is 0.326 e. The zero-order valence-corrected chi connectivity index (χ0v) is 33.9. The van der Waals surface area contributed by atoms with Crippen LogP contribution >= 0.6 is 0 Å². The van der Waals surface area contributed by atoms with E-state index in [9.17, 15) is 38.7 Å². The average Bonchev–Trinajstić information content (AvgIpc) is 3.16. The number of carbonyl (C=O) groups excluding carboxylic acids is 5. The minimum Gasteiger partial charge on any atom is -0.481 e. The molecule has 1 radical (unpaired) electrons. The minimum atomic E-state index is -1.19. The number of carboxylic acid groups (broad SMARTS) is 2. The van der Waals surface area contributed by atoms with Crippen LogP contribution in [0.25, 0.3) is 0 Å². The second-order valence-electron chi connectivity index (χ2n) is 13.6. The van der Waals surface area contributed by atoms with Gasteiger partial charge in [-0.3, -0.25) is 28.8 Å². The van der Waals surface area contributed by atoms with E-state index in [0.717, 1.165) is 64.2 Å². The first-order valence-corrected chi connectivity index (χ1v) is 20.5. The van der Waals surface area contributed by atoms with Crippen molar-refractivity contribution >= 4 is 41.5 Å². The standard InChI is InChI=1S/C39H70N5O13/c1-32(45)40-20-14-15-21-41-36(48)30-56-28-27-55-25-23-43-37(49)31-57-29-26-54-24-22-42-34(46)19-18-33(39(52)53)44-35(47)16-12-10-8-6-4-2-3-5-7-9-11-13-17-38(50)51/h33H,1-31H2,(H,40,45)(H,41,48)(H,42,46)(H,43,49)(H,44,47)(H,50,51)(H,52,53)/t33-/m0/s1. The highest BCUT2D eigenvalue weighted by Crippen LogP contribution is 2.13. The van der Waals surface area contributed by atoms with Crippen molar-refractivity contribution in [1.82, 2.24) is 26.6 Å². The summed E-state index contributed by atoms with van der Waals surface area (Å²) in [5.74, 6) is -3.50. The van der Waals surface area contributed by atoms with Gasteiger partial charge in [-0.15, -0.1) is 0 Å². The molecule has 0 unspecified atom stereocenters. The summed E-state index contributed by atoms with van der Waals surface area (Å²) < 4.78 is 21.2. The highest BCUT2D eigenvalue weighted by atomic mass is 16.5. The summed E-state index contributed by atoms with van der Waals surface area (Å²) in [5.41, 5.74) is 0. The highest BCUT2D eigenvalue weighted by Gasteiger charge is 2.20. The number of aliphatic carboxylic acids is 2. The summed E-state index contributed by atoms with van der Waals surface area (Å²) in [6.45, 7) is 5.75. The van der Waals surface area contributed by atoms with Crippen LogP contribution in [0.2, 0.25) is 0 Å². The zero-order chi connectivity index (χ0) is 42.2. The molecule has 1 atom stereocenters. The molecule has 7 N–H and O–H groups in total. The number of ether oxygens (including phenoxy) is 4. The Bertz CT molecular complexity index is 1110. The Labute approximate surface area is 338 Å². The van der Waals surface area contributed by atoms with Gasteiger partial charge in [-0.2, -0.15) is 0 Å². The fourth-order valence-electron chi connectivity index (χ4n) is 5.32. The molecule has 0 aliphatic carbocycles. The molecule has 0 aromatic heterocycles. The van der Waals surface area contributed by atoms with Crippen LogP contribution in [-0.4, -0.2) is 137 Å². The SMILES string of the molecule is [CH2]C(=O)NCCCCNC(=O)COCCOCCNC(=O)COCCOCCNC(=O)CC[C@H](NC(=O)CCCCCCCCCCCCCCC(=O)O)C(=O)O. The summed E-state index contributed by atoms with van der Waals surface area (Å²) >= 11 is 0. The van der Waals surface area contributed by atoms with E-state index >= 15 is 0 Å². The summed E-state index contributed by atoms with van der Waals surface area (Å²) in [5, 5.41) is 31.2. The van der Waals surface area contributed by atoms with E-state index in [4.69, 9.17) is 24.1 Å². The van der Waals surface area contributed by atoms with Crippen LogP contribution in [0.3, 0.4) is 0 Å². The van der Waals surface area contributed by atoms with Crippen molar-refractivity contribution < 1.29 is 62.7 Å². The Balaban J connectivity index is 3.65. The topological polar surface area (TPSA) is 257 Å². The largest absolute Gasteiger partial charge is 0.481 e. The lowest BCUT2D eigenvalue weighted by Crippen LogP contribution is -2.41. The fraction of sp³-hybridized carbons (Fsp3) is 0.795. The number of carbonyl (C=O) groups is 7. The normalized spacial score (nSPS) is 11.4. The fourth-order valence-corrected chi connectivity index (χ4v) is 5.32. The number of hydrogen-bond acceptors (Lipinski definition) is 11. The summed E-state index contributed by atoms with van der Waals surface area (Å²) in [4.78, 5) is 80.8. The van der Waals surface area contributed by atoms with Gasteiger partial charge in [0.15, 0.2) is 0 Å². The molecule has 0 fully saturated rings. The third kappa shape index (κ3) is 40.1. The maximum absolute atomic E-state index is 12.3. The van der Waals surface area contributed by atoms with Gasteiger partial charge >= 0.3 is 11.9 Å². The molecule has 18 heteroatoms. The molecule has 0 aromatic rings. The third-order valence-electron chi connectivity index (χ3n) is 8.43. The van der Waals surface area contributed by atoms with Crippen LogP contribution < -0.4 is 26.6 Å². The van der Waals surface area contributed by atoms with Gasteiger partial charge in [-0.1, -0.05) is 64.2 Å². The van der Waals surface area contributed by atoms with Crippen molar-refractivity contribution in [1.29, 1.82) is 0 Å². The first-order valence-electron chi connectivity index (χ1n) is 20.5. The molecule has 329 valence electrons. The molecule has 0 heterocycles. The van der Waals surface area contributed by atoms with Crippen molar-refractivity contribution in [2.75, 3.05) is 79.0 Å².